The number of nitrogens with one attached hydrogen (secondary N) is 1. The van der Waals surface area contributed by atoms with Gasteiger partial charge in [-0.2, -0.15) is 0 Å². The SMILES string of the molecule is CCNCC(C)(CC)OCc1ccc(Br)cc1. The quantitative estimate of drug-likeness (QED) is 0.828. The summed E-state index contributed by atoms with van der Waals surface area (Å²) in [6, 6.07) is 8.28. The minimum Gasteiger partial charge on any atom is -0.369 e. The molecule has 0 aromatic heterocycles. The molecular weight excluding hydrogens is 278 g/mol. The highest BCUT2D eigenvalue weighted by Crippen LogP contribution is 2.18. The zero-order valence-corrected chi connectivity index (χ0v) is 12.5. The fraction of sp³-hybridized carbons (Fsp3) is 0.571. The van der Waals surface area contributed by atoms with Crippen LogP contribution >= 0.6 is 15.9 Å². The van der Waals surface area contributed by atoms with E-state index in [4.69, 9.17) is 4.74 Å². The van der Waals surface area contributed by atoms with Crippen LogP contribution in [-0.2, 0) is 11.3 Å². The Labute approximate surface area is 113 Å². The lowest BCUT2D eigenvalue weighted by Gasteiger charge is -2.29. The molecule has 3 heteroatoms. The maximum atomic E-state index is 6.03. The first kappa shape index (κ1) is 14.7. The monoisotopic (exact) mass is 299 g/mol. The van der Waals surface area contributed by atoms with E-state index < -0.39 is 0 Å². The van der Waals surface area contributed by atoms with Crippen molar-refractivity contribution in [2.75, 3.05) is 13.1 Å². The van der Waals surface area contributed by atoms with E-state index in [0.717, 1.165) is 24.0 Å². The van der Waals surface area contributed by atoms with Gasteiger partial charge in [0.15, 0.2) is 0 Å². The maximum absolute atomic E-state index is 6.03. The molecule has 96 valence electrons. The highest BCUT2D eigenvalue weighted by atomic mass is 79.9. The van der Waals surface area contributed by atoms with Crippen LogP contribution in [0.5, 0.6) is 0 Å². The molecule has 0 fully saturated rings. The summed E-state index contributed by atoms with van der Waals surface area (Å²) in [5.74, 6) is 0. The molecule has 1 N–H and O–H groups in total. The molecule has 0 heterocycles. The van der Waals surface area contributed by atoms with Crippen LogP contribution in [0.15, 0.2) is 28.7 Å². The van der Waals surface area contributed by atoms with Gasteiger partial charge in [-0.15, -0.1) is 0 Å². The third-order valence-electron chi connectivity index (χ3n) is 3.00. The molecule has 1 rings (SSSR count). The summed E-state index contributed by atoms with van der Waals surface area (Å²) < 4.78 is 7.13. The van der Waals surface area contributed by atoms with Crippen molar-refractivity contribution in [3.63, 3.8) is 0 Å². The van der Waals surface area contributed by atoms with Crippen molar-refractivity contribution in [3.05, 3.63) is 34.3 Å². The van der Waals surface area contributed by atoms with Crippen molar-refractivity contribution in [3.8, 4) is 0 Å². The average Bonchev–Trinajstić information content (AvgIpc) is 2.36. The van der Waals surface area contributed by atoms with Crippen molar-refractivity contribution >= 4 is 15.9 Å². The Balaban J connectivity index is 2.49. The summed E-state index contributed by atoms with van der Waals surface area (Å²) in [7, 11) is 0. The van der Waals surface area contributed by atoms with Gasteiger partial charge in [-0.3, -0.25) is 0 Å². The summed E-state index contributed by atoms with van der Waals surface area (Å²) in [6.45, 7) is 9.00. The number of ether oxygens (including phenoxy) is 1. The highest BCUT2D eigenvalue weighted by Gasteiger charge is 2.21. The van der Waals surface area contributed by atoms with E-state index in [2.05, 4.69) is 54.2 Å². The van der Waals surface area contributed by atoms with Crippen LogP contribution in [-0.4, -0.2) is 18.7 Å². The lowest BCUT2D eigenvalue weighted by atomic mass is 10.0. The largest absolute Gasteiger partial charge is 0.369 e. The molecular formula is C14H22BrNO. The van der Waals surface area contributed by atoms with E-state index in [-0.39, 0.29) is 5.60 Å². The van der Waals surface area contributed by atoms with E-state index in [9.17, 15) is 0 Å². The number of likely N-dealkylation sites (N-methyl/N-ethyl adjacent to an activating group) is 1. The predicted octanol–water partition coefficient (Wildman–Crippen LogP) is 3.74. The molecule has 1 unspecified atom stereocenters. The van der Waals surface area contributed by atoms with Crippen LogP contribution in [0.1, 0.15) is 32.8 Å². The topological polar surface area (TPSA) is 21.3 Å². The zero-order chi connectivity index (χ0) is 12.7. The van der Waals surface area contributed by atoms with E-state index in [0.29, 0.717) is 6.61 Å². The first-order valence-corrected chi connectivity index (χ1v) is 6.98. The second kappa shape index (κ2) is 7.14. The molecule has 0 radical (unpaired) electrons. The molecule has 0 saturated carbocycles. The van der Waals surface area contributed by atoms with E-state index in [1.165, 1.54) is 5.56 Å². The maximum Gasteiger partial charge on any atom is 0.0780 e. The smallest absolute Gasteiger partial charge is 0.0780 e. The molecule has 1 aromatic rings. The first-order valence-electron chi connectivity index (χ1n) is 6.19. The summed E-state index contributed by atoms with van der Waals surface area (Å²) >= 11 is 3.43. The van der Waals surface area contributed by atoms with Crippen LogP contribution in [0.2, 0.25) is 0 Å². The second-order valence-electron chi connectivity index (χ2n) is 4.50. The van der Waals surface area contributed by atoms with E-state index in [1.54, 1.807) is 0 Å². The lowest BCUT2D eigenvalue weighted by molar-refractivity contribution is -0.0440. The number of hydrogen-bond donors (Lipinski definition) is 1. The van der Waals surface area contributed by atoms with Gasteiger partial charge in [0.1, 0.15) is 0 Å². The number of benzene rings is 1. The number of hydrogen-bond acceptors (Lipinski definition) is 2. The van der Waals surface area contributed by atoms with Gasteiger partial charge < -0.3 is 10.1 Å². The summed E-state index contributed by atoms with van der Waals surface area (Å²) in [5.41, 5.74) is 1.13. The van der Waals surface area contributed by atoms with Gasteiger partial charge in [0.25, 0.3) is 0 Å². The standard InChI is InChI=1S/C14H22BrNO/c1-4-14(3,11-16-5-2)17-10-12-6-8-13(15)9-7-12/h6-9,16H,4-5,10-11H2,1-3H3. The fourth-order valence-corrected chi connectivity index (χ4v) is 1.77. The van der Waals surface area contributed by atoms with Gasteiger partial charge in [-0.05, 0) is 37.6 Å². The van der Waals surface area contributed by atoms with Crippen molar-refractivity contribution in [1.82, 2.24) is 5.32 Å². The fourth-order valence-electron chi connectivity index (χ4n) is 1.51. The molecule has 0 amide bonds. The Kier molecular flexibility index (Phi) is 6.17. The summed E-state index contributed by atoms with van der Waals surface area (Å²) in [5, 5.41) is 3.35. The Bertz CT molecular complexity index is 325. The van der Waals surface area contributed by atoms with Crippen LogP contribution in [0.25, 0.3) is 0 Å². The third-order valence-corrected chi connectivity index (χ3v) is 3.53. The molecule has 1 aromatic carbocycles. The van der Waals surface area contributed by atoms with E-state index >= 15 is 0 Å². The number of halogens is 1. The van der Waals surface area contributed by atoms with Gasteiger partial charge in [0, 0.05) is 11.0 Å². The Morgan fingerprint density at radius 1 is 1.24 bits per heavy atom. The molecule has 1 atom stereocenters. The number of rotatable bonds is 7. The third kappa shape index (κ3) is 5.19. The van der Waals surface area contributed by atoms with Crippen molar-refractivity contribution < 1.29 is 4.74 Å². The van der Waals surface area contributed by atoms with Crippen LogP contribution < -0.4 is 5.32 Å². The van der Waals surface area contributed by atoms with Crippen LogP contribution in [0, 0.1) is 0 Å². The molecule has 0 aliphatic rings. The van der Waals surface area contributed by atoms with Gasteiger partial charge in [-0.1, -0.05) is 41.9 Å². The van der Waals surface area contributed by atoms with Crippen molar-refractivity contribution in [2.24, 2.45) is 0 Å². The lowest BCUT2D eigenvalue weighted by Crippen LogP contribution is -2.39. The summed E-state index contributed by atoms with van der Waals surface area (Å²) in [6.07, 6.45) is 1.01. The molecule has 17 heavy (non-hydrogen) atoms. The zero-order valence-electron chi connectivity index (χ0n) is 10.9. The molecule has 0 bridgehead atoms. The van der Waals surface area contributed by atoms with Gasteiger partial charge in [0.05, 0.1) is 12.2 Å². The van der Waals surface area contributed by atoms with E-state index in [1.807, 2.05) is 12.1 Å². The molecule has 0 aliphatic heterocycles. The first-order chi connectivity index (χ1) is 8.09. The average molecular weight is 300 g/mol. The Morgan fingerprint density at radius 3 is 2.41 bits per heavy atom. The highest BCUT2D eigenvalue weighted by molar-refractivity contribution is 9.10. The van der Waals surface area contributed by atoms with Crippen molar-refractivity contribution in [2.45, 2.75) is 39.4 Å². The Morgan fingerprint density at radius 2 is 1.88 bits per heavy atom. The molecule has 0 saturated heterocycles. The Hall–Kier alpha value is -0.380. The van der Waals surface area contributed by atoms with Crippen LogP contribution in [0.4, 0.5) is 0 Å². The van der Waals surface area contributed by atoms with Crippen molar-refractivity contribution in [1.29, 1.82) is 0 Å². The van der Waals surface area contributed by atoms with Gasteiger partial charge >= 0.3 is 0 Å². The molecule has 0 aliphatic carbocycles. The minimum absolute atomic E-state index is 0.0803. The van der Waals surface area contributed by atoms with Crippen LogP contribution in [0.3, 0.4) is 0 Å². The predicted molar refractivity (Wildman–Crippen MR) is 76.2 cm³/mol. The summed E-state index contributed by atoms with van der Waals surface area (Å²) in [4.78, 5) is 0. The second-order valence-corrected chi connectivity index (χ2v) is 5.41. The molecule has 0 spiro atoms. The molecule has 2 nitrogen and oxygen atoms in total. The van der Waals surface area contributed by atoms with Gasteiger partial charge in [0.2, 0.25) is 0 Å². The van der Waals surface area contributed by atoms with Gasteiger partial charge in [-0.25, -0.2) is 0 Å². The minimum atomic E-state index is -0.0803. The normalized spacial score (nSPS) is 14.6.